The molecule has 2 fully saturated rings. The lowest BCUT2D eigenvalue weighted by Gasteiger charge is -2.24. The number of amides is 1. The van der Waals surface area contributed by atoms with Gasteiger partial charge in [-0.15, -0.1) is 11.3 Å². The third kappa shape index (κ3) is 4.37. The highest BCUT2D eigenvalue weighted by Gasteiger charge is 2.38. The van der Waals surface area contributed by atoms with E-state index in [2.05, 4.69) is 10.3 Å². The lowest BCUT2D eigenvalue weighted by atomic mass is 9.97. The summed E-state index contributed by atoms with van der Waals surface area (Å²) >= 11 is 1.39. The van der Waals surface area contributed by atoms with Gasteiger partial charge in [-0.3, -0.25) is 9.59 Å². The van der Waals surface area contributed by atoms with Crippen molar-refractivity contribution in [2.45, 2.75) is 75.0 Å². The molecule has 1 amide bonds. The van der Waals surface area contributed by atoms with Crippen LogP contribution in [0.2, 0.25) is 0 Å². The third-order valence-electron chi connectivity index (χ3n) is 6.02. The summed E-state index contributed by atoms with van der Waals surface area (Å²) in [4.78, 5) is 31.5. The summed E-state index contributed by atoms with van der Waals surface area (Å²) in [5, 5.41) is 2.98. The van der Waals surface area contributed by atoms with Gasteiger partial charge in [-0.05, 0) is 45.1 Å². The molecule has 0 bridgehead atoms. The number of carbonyl (C=O) groups is 1. The molecule has 0 aliphatic heterocycles. The summed E-state index contributed by atoms with van der Waals surface area (Å²) in [5.41, 5.74) is 0.0536. The highest BCUT2D eigenvalue weighted by atomic mass is 32.2. The van der Waals surface area contributed by atoms with Gasteiger partial charge in [0.25, 0.3) is 5.56 Å². The molecule has 9 heteroatoms. The van der Waals surface area contributed by atoms with Crippen molar-refractivity contribution in [1.29, 1.82) is 0 Å². The summed E-state index contributed by atoms with van der Waals surface area (Å²) in [6.07, 6.45) is 7.90. The Labute approximate surface area is 180 Å². The van der Waals surface area contributed by atoms with E-state index in [0.717, 1.165) is 30.6 Å². The topological polar surface area (TPSA) is 98.1 Å². The molecule has 2 aliphatic rings. The summed E-state index contributed by atoms with van der Waals surface area (Å²) in [6.45, 7) is 3.62. The number of pyridine rings is 1. The number of nitrogens with one attached hydrogen (secondary N) is 1. The molecule has 0 aromatic carbocycles. The van der Waals surface area contributed by atoms with Crippen LogP contribution in [-0.2, 0) is 14.6 Å². The number of thiazole rings is 1. The van der Waals surface area contributed by atoms with Crippen LogP contribution in [0.15, 0.2) is 28.0 Å². The average molecular weight is 450 g/mol. The van der Waals surface area contributed by atoms with Crippen molar-refractivity contribution in [3.05, 3.63) is 39.3 Å². The number of sulfone groups is 1. The molecular formula is C21H27N3O4S2. The first-order valence-electron chi connectivity index (χ1n) is 10.5. The molecule has 4 rings (SSSR count). The summed E-state index contributed by atoms with van der Waals surface area (Å²) in [7, 11) is -3.46. The van der Waals surface area contributed by atoms with Gasteiger partial charge in [-0.2, -0.15) is 0 Å². The van der Waals surface area contributed by atoms with Crippen molar-refractivity contribution in [1.82, 2.24) is 9.55 Å². The lowest BCUT2D eigenvalue weighted by molar-refractivity contribution is -0.119. The van der Waals surface area contributed by atoms with Crippen LogP contribution in [0, 0.1) is 19.8 Å². The first kappa shape index (κ1) is 21.2. The fourth-order valence-electron chi connectivity index (χ4n) is 4.31. The molecule has 1 unspecified atom stereocenters. The highest BCUT2D eigenvalue weighted by molar-refractivity contribution is 7.92. The van der Waals surface area contributed by atoms with Crippen LogP contribution in [0.1, 0.15) is 61.6 Å². The Morgan fingerprint density at radius 1 is 1.23 bits per heavy atom. The van der Waals surface area contributed by atoms with E-state index in [-0.39, 0.29) is 16.1 Å². The minimum Gasteiger partial charge on any atom is -0.300 e. The van der Waals surface area contributed by atoms with E-state index in [1.165, 1.54) is 28.0 Å². The maximum absolute atomic E-state index is 13.2. The predicted octanol–water partition coefficient (Wildman–Crippen LogP) is 3.62. The third-order valence-corrected chi connectivity index (χ3v) is 9.09. The second kappa shape index (κ2) is 8.26. The van der Waals surface area contributed by atoms with Gasteiger partial charge in [0.05, 0.1) is 10.1 Å². The Morgan fingerprint density at radius 2 is 1.93 bits per heavy atom. The molecule has 30 heavy (non-hydrogen) atoms. The van der Waals surface area contributed by atoms with Crippen LogP contribution >= 0.6 is 11.3 Å². The van der Waals surface area contributed by atoms with Crippen LogP contribution < -0.4 is 10.9 Å². The molecule has 1 N–H and O–H groups in total. The Bertz CT molecular complexity index is 1110. The number of rotatable bonds is 7. The lowest BCUT2D eigenvalue weighted by Crippen LogP contribution is -2.36. The van der Waals surface area contributed by atoms with Gasteiger partial charge in [0.2, 0.25) is 5.91 Å². The zero-order valence-corrected chi connectivity index (χ0v) is 18.9. The second-order valence-corrected chi connectivity index (χ2v) is 11.9. The van der Waals surface area contributed by atoms with Gasteiger partial charge in [-0.25, -0.2) is 13.4 Å². The van der Waals surface area contributed by atoms with Crippen LogP contribution in [0.3, 0.4) is 0 Å². The van der Waals surface area contributed by atoms with E-state index >= 15 is 0 Å². The number of hydrogen-bond donors (Lipinski definition) is 1. The number of nitrogens with zero attached hydrogens (tertiary/aromatic N) is 2. The van der Waals surface area contributed by atoms with E-state index in [4.69, 9.17) is 0 Å². The molecule has 2 saturated carbocycles. The zero-order valence-electron chi connectivity index (χ0n) is 17.3. The number of carbonyl (C=O) groups excluding carboxylic acids is 1. The molecule has 0 radical (unpaired) electrons. The Hall–Kier alpha value is -2.00. The van der Waals surface area contributed by atoms with Gasteiger partial charge in [-0.1, -0.05) is 25.7 Å². The highest BCUT2D eigenvalue weighted by Crippen LogP contribution is 2.35. The standard InChI is InChI=1S/C21H27N3O4S2/c1-13-9-17(30(27,28)16-7-8-16)11-19(25)24(13)18(10-15-5-3-4-6-15)20(26)23-21-22-12-14(2)29-21/h9,11-12,15-16,18H,3-8,10H2,1-2H3,(H,22,23,26). The maximum atomic E-state index is 13.2. The van der Waals surface area contributed by atoms with Crippen molar-refractivity contribution >= 4 is 32.2 Å². The maximum Gasteiger partial charge on any atom is 0.252 e. The molecule has 0 spiro atoms. The summed E-state index contributed by atoms with van der Waals surface area (Å²) in [5.74, 6) is 0.0965. The van der Waals surface area contributed by atoms with Crippen molar-refractivity contribution < 1.29 is 13.2 Å². The number of aryl methyl sites for hydroxylation is 2. The van der Waals surface area contributed by atoms with E-state index in [1.54, 1.807) is 13.1 Å². The van der Waals surface area contributed by atoms with Gasteiger partial charge < -0.3 is 9.88 Å². The Morgan fingerprint density at radius 3 is 2.50 bits per heavy atom. The van der Waals surface area contributed by atoms with Gasteiger partial charge in [0.1, 0.15) is 6.04 Å². The van der Waals surface area contributed by atoms with Crippen LogP contribution in [0.4, 0.5) is 5.13 Å². The zero-order chi connectivity index (χ0) is 21.5. The number of aromatic nitrogens is 2. The SMILES string of the molecule is Cc1cnc(NC(=O)C(CC2CCCC2)n2c(C)cc(S(=O)(=O)C3CC3)cc2=O)s1. The molecule has 1 atom stereocenters. The minimum absolute atomic E-state index is 0.0688. The quantitative estimate of drug-likeness (QED) is 0.696. The fraction of sp³-hybridized carbons (Fsp3) is 0.571. The van der Waals surface area contributed by atoms with E-state index in [9.17, 15) is 18.0 Å². The summed E-state index contributed by atoms with van der Waals surface area (Å²) < 4.78 is 26.7. The van der Waals surface area contributed by atoms with Gasteiger partial charge in [0, 0.05) is 22.8 Å². The molecule has 162 valence electrons. The Balaban J connectivity index is 1.68. The monoisotopic (exact) mass is 449 g/mol. The van der Waals surface area contributed by atoms with Crippen molar-refractivity contribution in [3.63, 3.8) is 0 Å². The molecule has 2 heterocycles. The molecule has 0 saturated heterocycles. The minimum atomic E-state index is -3.46. The van der Waals surface area contributed by atoms with E-state index in [0.29, 0.717) is 36.0 Å². The number of anilines is 1. The first-order valence-corrected chi connectivity index (χ1v) is 12.8. The van der Waals surface area contributed by atoms with E-state index < -0.39 is 21.4 Å². The van der Waals surface area contributed by atoms with Crippen LogP contribution in [0.5, 0.6) is 0 Å². The molecule has 7 nitrogen and oxygen atoms in total. The van der Waals surface area contributed by atoms with Crippen molar-refractivity contribution in [2.24, 2.45) is 5.92 Å². The average Bonchev–Trinajstić information content (AvgIpc) is 3.29. The second-order valence-electron chi connectivity index (χ2n) is 8.45. The predicted molar refractivity (Wildman–Crippen MR) is 117 cm³/mol. The van der Waals surface area contributed by atoms with Crippen LogP contribution in [0.25, 0.3) is 0 Å². The van der Waals surface area contributed by atoms with Gasteiger partial charge in [0.15, 0.2) is 15.0 Å². The largest absolute Gasteiger partial charge is 0.300 e. The van der Waals surface area contributed by atoms with Crippen molar-refractivity contribution in [3.8, 4) is 0 Å². The molecular weight excluding hydrogens is 422 g/mol. The van der Waals surface area contributed by atoms with Crippen molar-refractivity contribution in [2.75, 3.05) is 5.32 Å². The first-order chi connectivity index (χ1) is 14.3. The number of hydrogen-bond acceptors (Lipinski definition) is 6. The molecule has 2 aliphatic carbocycles. The van der Waals surface area contributed by atoms with E-state index in [1.807, 2.05) is 6.92 Å². The van der Waals surface area contributed by atoms with Gasteiger partial charge >= 0.3 is 0 Å². The molecule has 2 aromatic heterocycles. The smallest absolute Gasteiger partial charge is 0.252 e. The fourth-order valence-corrected chi connectivity index (χ4v) is 6.72. The normalized spacial score (nSPS) is 18.5. The molecule has 2 aromatic rings. The Kier molecular flexibility index (Phi) is 5.85. The summed E-state index contributed by atoms with van der Waals surface area (Å²) in [6, 6.07) is 2.03. The van der Waals surface area contributed by atoms with Crippen LogP contribution in [-0.4, -0.2) is 29.1 Å².